The third kappa shape index (κ3) is 4.24. The van der Waals surface area contributed by atoms with Gasteiger partial charge in [-0.1, -0.05) is 6.07 Å². The van der Waals surface area contributed by atoms with Crippen LogP contribution in [0.1, 0.15) is 18.9 Å². The lowest BCUT2D eigenvalue weighted by molar-refractivity contribution is 0.205. The van der Waals surface area contributed by atoms with E-state index in [0.29, 0.717) is 12.4 Å². The zero-order valence-corrected chi connectivity index (χ0v) is 14.2. The molecule has 24 heavy (non-hydrogen) atoms. The van der Waals surface area contributed by atoms with Crippen molar-refractivity contribution in [2.75, 3.05) is 19.6 Å². The maximum atomic E-state index is 5.95. The fourth-order valence-corrected chi connectivity index (χ4v) is 2.75. The van der Waals surface area contributed by atoms with Crippen molar-refractivity contribution in [1.82, 2.24) is 25.0 Å². The number of aryl methyl sites for hydroxylation is 1. The highest BCUT2D eigenvalue weighted by atomic mass is 16.5. The van der Waals surface area contributed by atoms with E-state index in [2.05, 4.69) is 27.2 Å². The molecule has 0 aromatic carbocycles. The summed E-state index contributed by atoms with van der Waals surface area (Å²) < 4.78 is 7.75. The van der Waals surface area contributed by atoms with Gasteiger partial charge >= 0.3 is 0 Å². The fourth-order valence-electron chi connectivity index (χ4n) is 2.75. The standard InChI is InChI=1S/C17H24N6O/c1-3-18-17(20-10-14-11-21-22(2)12-14)23-9-7-15(13-23)24-16-6-4-5-8-19-16/h4-6,8,11-12,15H,3,7,9-10,13H2,1-2H3,(H,18,20). The molecule has 1 unspecified atom stereocenters. The first-order chi connectivity index (χ1) is 11.7. The van der Waals surface area contributed by atoms with Crippen molar-refractivity contribution >= 4 is 5.96 Å². The number of aromatic nitrogens is 3. The average molecular weight is 328 g/mol. The molecule has 0 spiro atoms. The van der Waals surface area contributed by atoms with E-state index in [9.17, 15) is 0 Å². The number of guanidine groups is 1. The van der Waals surface area contributed by atoms with Gasteiger partial charge in [-0.15, -0.1) is 0 Å². The Balaban J connectivity index is 1.60. The normalized spacial score (nSPS) is 18.0. The van der Waals surface area contributed by atoms with E-state index in [1.165, 1.54) is 0 Å². The van der Waals surface area contributed by atoms with Crippen LogP contribution in [0.2, 0.25) is 0 Å². The molecule has 1 fully saturated rings. The molecule has 1 saturated heterocycles. The van der Waals surface area contributed by atoms with Crippen LogP contribution in [0.3, 0.4) is 0 Å². The van der Waals surface area contributed by atoms with E-state index in [4.69, 9.17) is 9.73 Å². The van der Waals surface area contributed by atoms with Crippen LogP contribution < -0.4 is 10.1 Å². The lowest BCUT2D eigenvalue weighted by Gasteiger charge is -2.21. The molecule has 7 heteroatoms. The highest BCUT2D eigenvalue weighted by Gasteiger charge is 2.26. The van der Waals surface area contributed by atoms with Gasteiger partial charge in [-0.05, 0) is 13.0 Å². The SMILES string of the molecule is CCNC(=NCc1cnn(C)c1)N1CCC(Oc2ccccn2)C1. The second-order valence-corrected chi connectivity index (χ2v) is 5.83. The molecule has 2 aromatic heterocycles. The minimum Gasteiger partial charge on any atom is -0.472 e. The minimum absolute atomic E-state index is 0.141. The number of nitrogens with zero attached hydrogens (tertiary/aromatic N) is 5. The van der Waals surface area contributed by atoms with Crippen LogP contribution in [0, 0.1) is 0 Å². The van der Waals surface area contributed by atoms with Gasteiger partial charge in [0.15, 0.2) is 5.96 Å². The molecular formula is C17H24N6O. The molecular weight excluding hydrogens is 304 g/mol. The Morgan fingerprint density at radius 3 is 3.08 bits per heavy atom. The minimum atomic E-state index is 0.141. The van der Waals surface area contributed by atoms with E-state index in [1.54, 1.807) is 10.9 Å². The van der Waals surface area contributed by atoms with Gasteiger partial charge < -0.3 is 15.0 Å². The van der Waals surface area contributed by atoms with E-state index in [-0.39, 0.29) is 6.10 Å². The molecule has 1 aliphatic rings. The Labute approximate surface area is 142 Å². The Bertz CT molecular complexity index is 669. The maximum Gasteiger partial charge on any atom is 0.213 e. The van der Waals surface area contributed by atoms with Crippen LogP contribution in [-0.4, -0.2) is 51.4 Å². The first-order valence-corrected chi connectivity index (χ1v) is 8.33. The van der Waals surface area contributed by atoms with Gasteiger partial charge in [-0.25, -0.2) is 9.98 Å². The summed E-state index contributed by atoms with van der Waals surface area (Å²) in [6.45, 7) is 5.29. The highest BCUT2D eigenvalue weighted by molar-refractivity contribution is 5.80. The summed E-state index contributed by atoms with van der Waals surface area (Å²) in [4.78, 5) is 11.2. The number of hydrogen-bond acceptors (Lipinski definition) is 4. The number of hydrogen-bond donors (Lipinski definition) is 1. The van der Waals surface area contributed by atoms with Crippen molar-refractivity contribution in [3.63, 3.8) is 0 Å². The average Bonchev–Trinajstić information content (AvgIpc) is 3.22. The molecule has 7 nitrogen and oxygen atoms in total. The predicted molar refractivity (Wildman–Crippen MR) is 92.9 cm³/mol. The smallest absolute Gasteiger partial charge is 0.213 e. The highest BCUT2D eigenvalue weighted by Crippen LogP contribution is 2.16. The molecule has 0 radical (unpaired) electrons. The molecule has 0 amide bonds. The van der Waals surface area contributed by atoms with Crippen molar-refractivity contribution in [2.24, 2.45) is 12.0 Å². The molecule has 0 aliphatic carbocycles. The summed E-state index contributed by atoms with van der Waals surface area (Å²) in [6.07, 6.45) is 6.70. The van der Waals surface area contributed by atoms with Crippen molar-refractivity contribution < 1.29 is 4.74 Å². The van der Waals surface area contributed by atoms with E-state index >= 15 is 0 Å². The Morgan fingerprint density at radius 1 is 1.46 bits per heavy atom. The maximum absolute atomic E-state index is 5.95. The van der Waals surface area contributed by atoms with Gasteiger partial charge in [-0.3, -0.25) is 4.68 Å². The number of nitrogens with one attached hydrogen (secondary N) is 1. The topological polar surface area (TPSA) is 67.6 Å². The third-order valence-corrected chi connectivity index (χ3v) is 3.87. The molecule has 0 saturated carbocycles. The van der Waals surface area contributed by atoms with Crippen LogP contribution in [0.25, 0.3) is 0 Å². The second kappa shape index (κ2) is 7.81. The predicted octanol–water partition coefficient (Wildman–Crippen LogP) is 1.43. The largest absolute Gasteiger partial charge is 0.472 e. The molecule has 3 heterocycles. The molecule has 1 aliphatic heterocycles. The van der Waals surface area contributed by atoms with Crippen LogP contribution >= 0.6 is 0 Å². The van der Waals surface area contributed by atoms with E-state index < -0.39 is 0 Å². The summed E-state index contributed by atoms with van der Waals surface area (Å²) in [6, 6.07) is 5.72. The molecule has 3 rings (SSSR count). The molecule has 1 atom stereocenters. The summed E-state index contributed by atoms with van der Waals surface area (Å²) in [5.41, 5.74) is 1.10. The van der Waals surface area contributed by atoms with E-state index in [1.807, 2.05) is 37.6 Å². The second-order valence-electron chi connectivity index (χ2n) is 5.83. The van der Waals surface area contributed by atoms with Gasteiger partial charge in [0.2, 0.25) is 5.88 Å². The summed E-state index contributed by atoms with van der Waals surface area (Å²) >= 11 is 0. The molecule has 2 aromatic rings. The van der Waals surface area contributed by atoms with Gasteiger partial charge in [0.05, 0.1) is 19.3 Å². The van der Waals surface area contributed by atoms with Gasteiger partial charge in [0, 0.05) is 50.6 Å². The molecule has 128 valence electrons. The summed E-state index contributed by atoms with van der Waals surface area (Å²) in [5, 5.41) is 7.55. The number of ether oxygens (including phenoxy) is 1. The third-order valence-electron chi connectivity index (χ3n) is 3.87. The van der Waals surface area contributed by atoms with Crippen LogP contribution in [-0.2, 0) is 13.6 Å². The van der Waals surface area contributed by atoms with Crippen molar-refractivity contribution in [3.8, 4) is 5.88 Å². The summed E-state index contributed by atoms with van der Waals surface area (Å²) in [7, 11) is 1.92. The number of aliphatic imine (C=N–C) groups is 1. The first kappa shape index (κ1) is 16.3. The zero-order valence-electron chi connectivity index (χ0n) is 14.2. The molecule has 0 bridgehead atoms. The van der Waals surface area contributed by atoms with Gasteiger partial charge in [-0.2, -0.15) is 5.10 Å². The Kier molecular flexibility index (Phi) is 5.30. The number of pyridine rings is 1. The van der Waals surface area contributed by atoms with Crippen molar-refractivity contribution in [1.29, 1.82) is 0 Å². The number of rotatable bonds is 5. The van der Waals surface area contributed by atoms with Gasteiger partial charge in [0.1, 0.15) is 6.10 Å². The quantitative estimate of drug-likeness (QED) is 0.664. The van der Waals surface area contributed by atoms with Crippen molar-refractivity contribution in [3.05, 3.63) is 42.4 Å². The number of likely N-dealkylation sites (tertiary alicyclic amines) is 1. The Hall–Kier alpha value is -2.57. The molecule has 1 N–H and O–H groups in total. The van der Waals surface area contributed by atoms with E-state index in [0.717, 1.165) is 37.6 Å². The fraction of sp³-hybridized carbons (Fsp3) is 0.471. The van der Waals surface area contributed by atoms with Crippen LogP contribution in [0.5, 0.6) is 5.88 Å². The summed E-state index contributed by atoms with van der Waals surface area (Å²) in [5.74, 6) is 1.61. The van der Waals surface area contributed by atoms with Crippen molar-refractivity contribution in [2.45, 2.75) is 26.0 Å². The monoisotopic (exact) mass is 328 g/mol. The first-order valence-electron chi connectivity index (χ1n) is 8.33. The lowest BCUT2D eigenvalue weighted by atomic mass is 10.3. The lowest BCUT2D eigenvalue weighted by Crippen LogP contribution is -2.40. The van der Waals surface area contributed by atoms with Gasteiger partial charge in [0.25, 0.3) is 0 Å². The zero-order chi connectivity index (χ0) is 16.8. The Morgan fingerprint density at radius 2 is 2.38 bits per heavy atom. The van der Waals surface area contributed by atoms with Crippen LogP contribution in [0.4, 0.5) is 0 Å². The van der Waals surface area contributed by atoms with Crippen LogP contribution in [0.15, 0.2) is 41.8 Å².